The summed E-state index contributed by atoms with van der Waals surface area (Å²) in [5, 5.41) is 54.2. The van der Waals surface area contributed by atoms with Gasteiger partial charge in [0, 0.05) is 6.42 Å². The Kier molecular flexibility index (Phi) is 35.2. The number of amides is 1. The lowest BCUT2D eigenvalue weighted by molar-refractivity contribution is -0.302. The number of ether oxygens (including phenoxy) is 2. The molecule has 1 saturated heterocycles. The predicted octanol–water partition coefficient (Wildman–Crippen LogP) is 9.73. The molecular formula is C46H89NO8. The van der Waals surface area contributed by atoms with Crippen LogP contribution in [0.2, 0.25) is 0 Å². The maximum absolute atomic E-state index is 13.0. The third-order valence-corrected chi connectivity index (χ3v) is 11.4. The van der Waals surface area contributed by atoms with Gasteiger partial charge in [-0.15, -0.1) is 0 Å². The smallest absolute Gasteiger partial charge is 0.220 e. The molecule has 0 aromatic carbocycles. The van der Waals surface area contributed by atoms with Crippen molar-refractivity contribution in [2.75, 3.05) is 13.2 Å². The van der Waals surface area contributed by atoms with E-state index in [2.05, 4.69) is 25.2 Å². The van der Waals surface area contributed by atoms with Crippen LogP contribution in [-0.4, -0.2) is 87.5 Å². The molecule has 0 aromatic rings. The van der Waals surface area contributed by atoms with Crippen LogP contribution >= 0.6 is 0 Å². The fraction of sp³-hybridized carbons (Fsp3) is 0.935. The van der Waals surface area contributed by atoms with E-state index in [1.54, 1.807) is 0 Å². The molecule has 0 aliphatic carbocycles. The highest BCUT2D eigenvalue weighted by atomic mass is 16.7. The number of unbranched alkanes of at least 4 members (excludes halogenated alkanes) is 28. The molecule has 1 heterocycles. The Bertz CT molecular complexity index is 873. The van der Waals surface area contributed by atoms with E-state index in [1.807, 2.05) is 6.08 Å². The Morgan fingerprint density at radius 2 is 1.02 bits per heavy atom. The van der Waals surface area contributed by atoms with Gasteiger partial charge in [-0.05, 0) is 25.7 Å². The summed E-state index contributed by atoms with van der Waals surface area (Å²) < 4.78 is 11.2. The first-order valence-corrected chi connectivity index (χ1v) is 23.4. The van der Waals surface area contributed by atoms with Crippen molar-refractivity contribution < 1.29 is 39.8 Å². The summed E-state index contributed by atoms with van der Waals surface area (Å²) in [6.07, 6.45) is 35.2. The second kappa shape index (κ2) is 37.2. The van der Waals surface area contributed by atoms with Crippen LogP contribution in [-0.2, 0) is 14.3 Å². The van der Waals surface area contributed by atoms with E-state index in [1.165, 1.54) is 161 Å². The van der Waals surface area contributed by atoms with Gasteiger partial charge in [0.25, 0.3) is 0 Å². The predicted molar refractivity (Wildman–Crippen MR) is 226 cm³/mol. The lowest BCUT2D eigenvalue weighted by Gasteiger charge is -2.40. The van der Waals surface area contributed by atoms with Crippen LogP contribution in [0.4, 0.5) is 0 Å². The van der Waals surface area contributed by atoms with E-state index >= 15 is 0 Å². The minimum Gasteiger partial charge on any atom is -0.394 e. The molecule has 6 N–H and O–H groups in total. The van der Waals surface area contributed by atoms with Gasteiger partial charge in [-0.3, -0.25) is 4.79 Å². The minimum absolute atomic E-state index is 0.164. The first-order chi connectivity index (χ1) is 26.8. The Morgan fingerprint density at radius 3 is 1.45 bits per heavy atom. The maximum Gasteiger partial charge on any atom is 0.220 e. The van der Waals surface area contributed by atoms with Crippen molar-refractivity contribution in [3.8, 4) is 0 Å². The minimum atomic E-state index is -1.56. The normalized spacial score (nSPS) is 21.3. The molecular weight excluding hydrogens is 695 g/mol. The molecule has 0 radical (unpaired) electrons. The van der Waals surface area contributed by atoms with Gasteiger partial charge in [0.05, 0.1) is 25.4 Å². The third-order valence-electron chi connectivity index (χ3n) is 11.4. The van der Waals surface area contributed by atoms with Crippen molar-refractivity contribution in [3.63, 3.8) is 0 Å². The van der Waals surface area contributed by atoms with Gasteiger partial charge in [-0.25, -0.2) is 0 Å². The van der Waals surface area contributed by atoms with Crippen molar-refractivity contribution in [1.82, 2.24) is 5.32 Å². The number of aliphatic hydroxyl groups excluding tert-OH is 5. The number of rotatable bonds is 39. The number of aliphatic hydroxyl groups is 5. The number of carbonyl (C=O) groups is 1. The summed E-state index contributed by atoms with van der Waals surface area (Å²) in [5.41, 5.74) is 0. The highest BCUT2D eigenvalue weighted by molar-refractivity contribution is 5.76. The molecule has 1 amide bonds. The zero-order valence-electron chi connectivity index (χ0n) is 35.7. The topological polar surface area (TPSA) is 149 Å². The summed E-state index contributed by atoms with van der Waals surface area (Å²) >= 11 is 0. The van der Waals surface area contributed by atoms with E-state index < -0.39 is 49.5 Å². The van der Waals surface area contributed by atoms with E-state index in [0.717, 1.165) is 32.1 Å². The molecule has 0 bridgehead atoms. The van der Waals surface area contributed by atoms with Gasteiger partial charge < -0.3 is 40.3 Å². The van der Waals surface area contributed by atoms with Crippen molar-refractivity contribution in [2.45, 2.75) is 262 Å². The Morgan fingerprint density at radius 1 is 0.600 bits per heavy atom. The first kappa shape index (κ1) is 51.9. The number of allylic oxidation sites excluding steroid dienone is 1. The molecule has 1 rings (SSSR count). The van der Waals surface area contributed by atoms with Crippen LogP contribution < -0.4 is 5.32 Å². The molecule has 0 aromatic heterocycles. The molecule has 9 nitrogen and oxygen atoms in total. The second-order valence-corrected chi connectivity index (χ2v) is 16.6. The highest BCUT2D eigenvalue weighted by Crippen LogP contribution is 2.23. The zero-order chi connectivity index (χ0) is 40.2. The van der Waals surface area contributed by atoms with Gasteiger partial charge in [0.2, 0.25) is 5.91 Å². The van der Waals surface area contributed by atoms with E-state index in [9.17, 15) is 30.3 Å². The first-order valence-electron chi connectivity index (χ1n) is 23.4. The summed E-state index contributed by atoms with van der Waals surface area (Å²) in [5.74, 6) is -0.164. The average Bonchev–Trinajstić information content (AvgIpc) is 3.18. The van der Waals surface area contributed by atoms with Crippen LogP contribution in [0, 0.1) is 0 Å². The fourth-order valence-electron chi connectivity index (χ4n) is 7.56. The van der Waals surface area contributed by atoms with Crippen LogP contribution in [0.3, 0.4) is 0 Å². The monoisotopic (exact) mass is 784 g/mol. The summed E-state index contributed by atoms with van der Waals surface area (Å²) in [6, 6.07) is -0.762. The van der Waals surface area contributed by atoms with E-state index in [4.69, 9.17) is 9.47 Å². The Labute approximate surface area is 337 Å². The SMILES string of the molecule is CCCCCCCCCCCCC=CC[C@@H](O)[C@H](CO[C@@H]1O[C@H](CO)[C@@H](O)C(O)C1O)NC(=O)CCCCCCCCCCCCCCCCCCCCC. The van der Waals surface area contributed by atoms with Crippen molar-refractivity contribution >= 4 is 5.91 Å². The quantitative estimate of drug-likeness (QED) is 0.0267. The lowest BCUT2D eigenvalue weighted by Crippen LogP contribution is -2.60. The van der Waals surface area contributed by atoms with Crippen molar-refractivity contribution in [2.24, 2.45) is 0 Å². The molecule has 1 fully saturated rings. The van der Waals surface area contributed by atoms with E-state index in [0.29, 0.717) is 12.8 Å². The third kappa shape index (κ3) is 28.1. The molecule has 2 unspecified atom stereocenters. The summed E-state index contributed by atoms with van der Waals surface area (Å²) in [6.45, 7) is 3.80. The molecule has 1 aliphatic heterocycles. The lowest BCUT2D eigenvalue weighted by atomic mass is 9.99. The number of hydrogen-bond acceptors (Lipinski definition) is 8. The van der Waals surface area contributed by atoms with Gasteiger partial charge >= 0.3 is 0 Å². The second-order valence-electron chi connectivity index (χ2n) is 16.6. The molecule has 0 saturated carbocycles. The Hall–Kier alpha value is -1.07. The van der Waals surface area contributed by atoms with Gasteiger partial charge in [0.1, 0.15) is 24.4 Å². The molecule has 55 heavy (non-hydrogen) atoms. The Balaban J connectivity index is 2.31. The van der Waals surface area contributed by atoms with Gasteiger partial charge in [-0.2, -0.15) is 0 Å². The van der Waals surface area contributed by atoms with Crippen LogP contribution in [0.25, 0.3) is 0 Å². The van der Waals surface area contributed by atoms with Crippen molar-refractivity contribution in [3.05, 3.63) is 12.2 Å². The summed E-state index contributed by atoms with van der Waals surface area (Å²) in [4.78, 5) is 13.0. The number of hydrogen-bond donors (Lipinski definition) is 6. The van der Waals surface area contributed by atoms with Crippen LogP contribution in [0.5, 0.6) is 0 Å². The molecule has 326 valence electrons. The number of carbonyl (C=O) groups excluding carboxylic acids is 1. The molecule has 9 heteroatoms. The number of nitrogens with one attached hydrogen (secondary N) is 1. The molecule has 0 spiro atoms. The average molecular weight is 784 g/mol. The molecule has 7 atom stereocenters. The standard InChI is InChI=1S/C46H89NO8/c1-3-5-7-9-11-13-15-17-18-19-20-21-22-24-26-28-30-32-34-36-42(50)47-39(38-54-46-45(53)44(52)43(51)41(37-48)55-46)40(49)35-33-31-29-27-25-23-16-14-12-10-8-6-4-2/h31,33,39-41,43-46,48-49,51-53H,3-30,32,34-38H2,1-2H3,(H,47,50)/t39-,40+,41+,43+,44?,45?,46+/m0/s1. The summed E-state index contributed by atoms with van der Waals surface area (Å²) in [7, 11) is 0. The maximum atomic E-state index is 13.0. The van der Waals surface area contributed by atoms with Crippen LogP contribution in [0.1, 0.15) is 219 Å². The zero-order valence-corrected chi connectivity index (χ0v) is 35.7. The largest absolute Gasteiger partial charge is 0.394 e. The van der Waals surface area contributed by atoms with Crippen LogP contribution in [0.15, 0.2) is 12.2 Å². The highest BCUT2D eigenvalue weighted by Gasteiger charge is 2.44. The fourth-order valence-corrected chi connectivity index (χ4v) is 7.56. The van der Waals surface area contributed by atoms with Crippen molar-refractivity contribution in [1.29, 1.82) is 0 Å². The van der Waals surface area contributed by atoms with Gasteiger partial charge in [-0.1, -0.05) is 199 Å². The van der Waals surface area contributed by atoms with Gasteiger partial charge in [0.15, 0.2) is 6.29 Å². The van der Waals surface area contributed by atoms with E-state index in [-0.39, 0.29) is 12.5 Å². The molecule has 1 aliphatic rings.